The summed E-state index contributed by atoms with van der Waals surface area (Å²) in [5.74, 6) is 0.502. The van der Waals surface area contributed by atoms with Crippen LogP contribution >= 0.6 is 0 Å². The lowest BCUT2D eigenvalue weighted by Crippen LogP contribution is -2.48. The third kappa shape index (κ3) is 4.55. The maximum atomic E-state index is 12.9. The summed E-state index contributed by atoms with van der Waals surface area (Å²) in [7, 11) is 0. The molecular weight excluding hydrogens is 366 g/mol. The maximum absolute atomic E-state index is 12.9. The molecule has 2 aromatic rings. The van der Waals surface area contributed by atoms with E-state index in [1.54, 1.807) is 6.20 Å². The van der Waals surface area contributed by atoms with Crippen molar-refractivity contribution in [1.29, 1.82) is 0 Å². The molecule has 0 aliphatic carbocycles. The van der Waals surface area contributed by atoms with Crippen molar-refractivity contribution in [2.45, 2.75) is 32.6 Å². The van der Waals surface area contributed by atoms with E-state index in [4.69, 9.17) is 0 Å². The van der Waals surface area contributed by atoms with Gasteiger partial charge < -0.3 is 15.1 Å². The Morgan fingerprint density at radius 3 is 2.66 bits per heavy atom. The Balaban J connectivity index is 1.41. The minimum absolute atomic E-state index is 0.0278. The molecule has 4 rings (SSSR count). The number of anilines is 1. The maximum Gasteiger partial charge on any atom is 0.320 e. The van der Waals surface area contributed by atoms with Gasteiger partial charge in [0.1, 0.15) is 5.82 Å². The summed E-state index contributed by atoms with van der Waals surface area (Å²) in [6.07, 6.45) is 5.55. The second kappa shape index (κ2) is 8.59. The molecule has 1 aromatic heterocycles. The van der Waals surface area contributed by atoms with Crippen LogP contribution in [0.3, 0.4) is 0 Å². The van der Waals surface area contributed by atoms with Gasteiger partial charge in [0.25, 0.3) is 0 Å². The zero-order valence-corrected chi connectivity index (χ0v) is 16.8. The molecule has 0 radical (unpaired) electrons. The van der Waals surface area contributed by atoms with Gasteiger partial charge in [-0.05, 0) is 50.8 Å². The highest BCUT2D eigenvalue weighted by Crippen LogP contribution is 2.24. The van der Waals surface area contributed by atoms with Crippen LogP contribution in [0.4, 0.5) is 10.5 Å². The standard InChI is InChI=1S/C22H27N5O2/c1-16-23-10-9-20(24-16)17-6-4-8-19(14-17)25-21(28)18-7-5-13-27(15-18)22(29)26-11-2-3-12-26/h4,6,8-10,14,18H,2-3,5,7,11-13,15H2,1H3,(H,25,28)/t18-/m0/s1. The summed E-state index contributed by atoms with van der Waals surface area (Å²) in [5, 5.41) is 3.03. The fraction of sp³-hybridized carbons (Fsp3) is 0.455. The van der Waals surface area contributed by atoms with Gasteiger partial charge >= 0.3 is 6.03 Å². The number of carbonyl (C=O) groups is 2. The van der Waals surface area contributed by atoms with Crippen LogP contribution in [0.1, 0.15) is 31.5 Å². The van der Waals surface area contributed by atoms with Crippen LogP contribution in [0.5, 0.6) is 0 Å². The molecule has 0 unspecified atom stereocenters. The Hall–Kier alpha value is -2.96. The van der Waals surface area contributed by atoms with Gasteiger partial charge in [0.05, 0.1) is 11.6 Å². The highest BCUT2D eigenvalue weighted by Gasteiger charge is 2.31. The van der Waals surface area contributed by atoms with E-state index < -0.39 is 0 Å². The Morgan fingerprint density at radius 1 is 1.07 bits per heavy atom. The average Bonchev–Trinajstić information content (AvgIpc) is 3.28. The van der Waals surface area contributed by atoms with Gasteiger partial charge in [0, 0.05) is 43.6 Å². The fourth-order valence-corrected chi connectivity index (χ4v) is 4.09. The van der Waals surface area contributed by atoms with Crippen molar-refractivity contribution in [2.75, 3.05) is 31.5 Å². The predicted octanol–water partition coefficient (Wildman–Crippen LogP) is 3.32. The molecule has 1 atom stereocenters. The predicted molar refractivity (Wildman–Crippen MR) is 111 cm³/mol. The summed E-state index contributed by atoms with van der Waals surface area (Å²) < 4.78 is 0. The Kier molecular flexibility index (Phi) is 5.74. The van der Waals surface area contributed by atoms with E-state index in [0.717, 1.165) is 62.3 Å². The molecule has 152 valence electrons. The lowest BCUT2D eigenvalue weighted by atomic mass is 9.97. The van der Waals surface area contributed by atoms with Crippen molar-refractivity contribution in [2.24, 2.45) is 5.92 Å². The van der Waals surface area contributed by atoms with Gasteiger partial charge in [-0.3, -0.25) is 4.79 Å². The summed E-state index contributed by atoms with van der Waals surface area (Å²) in [4.78, 5) is 37.9. The van der Waals surface area contributed by atoms with E-state index in [9.17, 15) is 9.59 Å². The number of hydrogen-bond donors (Lipinski definition) is 1. The Morgan fingerprint density at radius 2 is 1.86 bits per heavy atom. The van der Waals surface area contributed by atoms with E-state index in [0.29, 0.717) is 12.4 Å². The third-order valence-corrected chi connectivity index (χ3v) is 5.64. The van der Waals surface area contributed by atoms with Crippen LogP contribution in [0.2, 0.25) is 0 Å². The number of benzene rings is 1. The van der Waals surface area contributed by atoms with E-state index in [2.05, 4.69) is 15.3 Å². The van der Waals surface area contributed by atoms with Crippen molar-refractivity contribution >= 4 is 17.6 Å². The smallest absolute Gasteiger partial charge is 0.320 e. The molecule has 0 bridgehead atoms. The molecule has 2 fully saturated rings. The molecule has 1 aromatic carbocycles. The topological polar surface area (TPSA) is 78.4 Å². The monoisotopic (exact) mass is 393 g/mol. The molecular formula is C22H27N5O2. The first-order chi connectivity index (χ1) is 14.1. The van der Waals surface area contributed by atoms with E-state index in [1.807, 2.05) is 47.1 Å². The number of aromatic nitrogens is 2. The number of aryl methyl sites for hydroxylation is 1. The number of hydrogen-bond acceptors (Lipinski definition) is 4. The average molecular weight is 393 g/mol. The minimum atomic E-state index is -0.180. The van der Waals surface area contributed by atoms with Crippen LogP contribution < -0.4 is 5.32 Å². The lowest BCUT2D eigenvalue weighted by Gasteiger charge is -2.34. The Bertz CT molecular complexity index is 894. The second-order valence-electron chi connectivity index (χ2n) is 7.82. The van der Waals surface area contributed by atoms with Crippen molar-refractivity contribution in [3.8, 4) is 11.3 Å². The van der Waals surface area contributed by atoms with Gasteiger partial charge in [-0.25, -0.2) is 14.8 Å². The summed E-state index contributed by atoms with van der Waals surface area (Å²) in [5.41, 5.74) is 2.50. The number of piperidine rings is 1. The SMILES string of the molecule is Cc1nccc(-c2cccc(NC(=O)[C@H]3CCCN(C(=O)N4CCCC4)C3)c2)n1. The molecule has 2 aliphatic heterocycles. The first-order valence-corrected chi connectivity index (χ1v) is 10.3. The zero-order valence-electron chi connectivity index (χ0n) is 16.8. The van der Waals surface area contributed by atoms with E-state index >= 15 is 0 Å². The number of likely N-dealkylation sites (tertiary alicyclic amines) is 2. The minimum Gasteiger partial charge on any atom is -0.326 e. The highest BCUT2D eigenvalue weighted by atomic mass is 16.2. The highest BCUT2D eigenvalue weighted by molar-refractivity contribution is 5.93. The first-order valence-electron chi connectivity index (χ1n) is 10.3. The van der Waals surface area contributed by atoms with Crippen LogP contribution in [0.25, 0.3) is 11.3 Å². The molecule has 3 amide bonds. The third-order valence-electron chi connectivity index (χ3n) is 5.64. The molecule has 0 saturated carbocycles. The number of nitrogens with one attached hydrogen (secondary N) is 1. The molecule has 1 N–H and O–H groups in total. The molecule has 2 saturated heterocycles. The van der Waals surface area contributed by atoms with Crippen molar-refractivity contribution < 1.29 is 9.59 Å². The van der Waals surface area contributed by atoms with E-state index in [-0.39, 0.29) is 17.9 Å². The van der Waals surface area contributed by atoms with Gasteiger partial charge in [-0.15, -0.1) is 0 Å². The van der Waals surface area contributed by atoms with Gasteiger partial charge in [0.2, 0.25) is 5.91 Å². The van der Waals surface area contributed by atoms with Crippen molar-refractivity contribution in [3.05, 3.63) is 42.4 Å². The number of urea groups is 1. The van der Waals surface area contributed by atoms with Crippen LogP contribution in [-0.4, -0.2) is 57.9 Å². The quantitative estimate of drug-likeness (QED) is 0.868. The summed E-state index contributed by atoms with van der Waals surface area (Å²) in [6.45, 7) is 4.75. The largest absolute Gasteiger partial charge is 0.326 e. The number of rotatable bonds is 3. The number of nitrogens with zero attached hydrogens (tertiary/aromatic N) is 4. The van der Waals surface area contributed by atoms with Gasteiger partial charge in [0.15, 0.2) is 0 Å². The van der Waals surface area contributed by atoms with Crippen LogP contribution in [-0.2, 0) is 4.79 Å². The second-order valence-corrected chi connectivity index (χ2v) is 7.82. The Labute approximate surface area is 171 Å². The van der Waals surface area contributed by atoms with E-state index in [1.165, 1.54) is 0 Å². The van der Waals surface area contributed by atoms with Crippen molar-refractivity contribution in [3.63, 3.8) is 0 Å². The molecule has 2 aliphatic rings. The lowest BCUT2D eigenvalue weighted by molar-refractivity contribution is -0.121. The van der Waals surface area contributed by atoms with Gasteiger partial charge in [-0.2, -0.15) is 0 Å². The molecule has 29 heavy (non-hydrogen) atoms. The number of carbonyl (C=O) groups excluding carboxylic acids is 2. The molecule has 7 heteroatoms. The molecule has 7 nitrogen and oxygen atoms in total. The van der Waals surface area contributed by atoms with Crippen LogP contribution in [0, 0.1) is 12.8 Å². The molecule has 3 heterocycles. The number of amides is 3. The normalized spacial score (nSPS) is 19.3. The van der Waals surface area contributed by atoms with Crippen molar-refractivity contribution in [1.82, 2.24) is 19.8 Å². The van der Waals surface area contributed by atoms with Gasteiger partial charge in [-0.1, -0.05) is 12.1 Å². The summed E-state index contributed by atoms with van der Waals surface area (Å²) in [6, 6.07) is 9.62. The summed E-state index contributed by atoms with van der Waals surface area (Å²) >= 11 is 0. The first kappa shape index (κ1) is 19.4. The zero-order chi connectivity index (χ0) is 20.2. The molecule has 0 spiro atoms. The van der Waals surface area contributed by atoms with Crippen LogP contribution in [0.15, 0.2) is 36.5 Å². The fourth-order valence-electron chi connectivity index (χ4n) is 4.09.